The van der Waals surface area contributed by atoms with Crippen LogP contribution in [0.5, 0.6) is 0 Å². The molecule has 2 aromatic rings. The minimum atomic E-state index is -1.04. The number of hydrogen-bond acceptors (Lipinski definition) is 3. The van der Waals surface area contributed by atoms with Crippen molar-refractivity contribution in [1.29, 1.82) is 0 Å². The van der Waals surface area contributed by atoms with Crippen LogP contribution < -0.4 is 5.32 Å². The Morgan fingerprint density at radius 1 is 1.47 bits per heavy atom. The summed E-state index contributed by atoms with van der Waals surface area (Å²) in [7, 11) is 0. The maximum Gasteiger partial charge on any atom is 0.337 e. The number of benzene rings is 1. The number of carboxylic acid groups (broad SMARTS) is 1. The van der Waals surface area contributed by atoms with Gasteiger partial charge in [0, 0.05) is 5.69 Å². The highest BCUT2D eigenvalue weighted by Crippen LogP contribution is 2.26. The number of halogens is 1. The van der Waals surface area contributed by atoms with Crippen LogP contribution in [0.25, 0.3) is 0 Å². The van der Waals surface area contributed by atoms with Crippen molar-refractivity contribution in [3.05, 3.63) is 52.9 Å². The van der Waals surface area contributed by atoms with Crippen molar-refractivity contribution < 1.29 is 14.3 Å². The molecule has 0 spiro atoms. The zero-order valence-corrected chi connectivity index (χ0v) is 11.1. The Hall–Kier alpha value is -1.94. The molecule has 0 saturated carbocycles. The van der Waals surface area contributed by atoms with Gasteiger partial charge in [0.15, 0.2) is 0 Å². The highest BCUT2D eigenvalue weighted by Gasteiger charge is 2.14. The number of rotatable bonds is 5. The Balaban J connectivity index is 2.23. The first-order chi connectivity index (χ1) is 9.11. The van der Waals surface area contributed by atoms with E-state index in [-0.39, 0.29) is 16.6 Å². The molecule has 100 valence electrons. The van der Waals surface area contributed by atoms with Gasteiger partial charge in [-0.1, -0.05) is 18.5 Å². The van der Waals surface area contributed by atoms with Crippen LogP contribution in [0.4, 0.5) is 5.69 Å². The molecule has 0 bridgehead atoms. The molecular formula is C14H14ClNO3. The molecule has 19 heavy (non-hydrogen) atoms. The van der Waals surface area contributed by atoms with Gasteiger partial charge >= 0.3 is 5.97 Å². The summed E-state index contributed by atoms with van der Waals surface area (Å²) in [5, 5.41) is 12.5. The molecule has 2 rings (SSSR count). The van der Waals surface area contributed by atoms with E-state index in [2.05, 4.69) is 5.32 Å². The molecule has 0 aliphatic carbocycles. The van der Waals surface area contributed by atoms with Crippen LogP contribution in [0.1, 0.15) is 35.5 Å². The van der Waals surface area contributed by atoms with Crippen molar-refractivity contribution in [1.82, 2.24) is 0 Å². The van der Waals surface area contributed by atoms with Crippen LogP contribution in [-0.4, -0.2) is 11.1 Å². The number of carbonyl (C=O) groups is 1. The molecule has 0 amide bonds. The number of nitrogens with one attached hydrogen (secondary N) is 1. The van der Waals surface area contributed by atoms with Crippen molar-refractivity contribution in [2.45, 2.75) is 19.4 Å². The van der Waals surface area contributed by atoms with Crippen LogP contribution in [0.3, 0.4) is 0 Å². The van der Waals surface area contributed by atoms with Crippen LogP contribution in [0, 0.1) is 0 Å². The highest BCUT2D eigenvalue weighted by molar-refractivity contribution is 6.33. The van der Waals surface area contributed by atoms with E-state index >= 15 is 0 Å². The van der Waals surface area contributed by atoms with Gasteiger partial charge in [0.25, 0.3) is 0 Å². The molecule has 1 aromatic carbocycles. The second kappa shape index (κ2) is 5.80. The topological polar surface area (TPSA) is 62.5 Å². The van der Waals surface area contributed by atoms with Gasteiger partial charge in [0.05, 0.1) is 22.9 Å². The lowest BCUT2D eigenvalue weighted by atomic mass is 10.1. The van der Waals surface area contributed by atoms with Crippen molar-refractivity contribution in [2.75, 3.05) is 5.32 Å². The molecule has 2 N–H and O–H groups in total. The van der Waals surface area contributed by atoms with Crippen molar-refractivity contribution in [2.24, 2.45) is 0 Å². The van der Waals surface area contributed by atoms with Gasteiger partial charge in [0.2, 0.25) is 0 Å². The molecule has 5 heteroatoms. The van der Waals surface area contributed by atoms with Crippen molar-refractivity contribution >= 4 is 23.3 Å². The minimum Gasteiger partial charge on any atom is -0.478 e. The zero-order valence-electron chi connectivity index (χ0n) is 10.4. The van der Waals surface area contributed by atoms with Crippen LogP contribution >= 0.6 is 11.6 Å². The third-order valence-electron chi connectivity index (χ3n) is 2.83. The van der Waals surface area contributed by atoms with Gasteiger partial charge in [-0.3, -0.25) is 0 Å². The summed E-state index contributed by atoms with van der Waals surface area (Å²) in [6.07, 6.45) is 2.43. The number of carboxylic acids is 1. The molecule has 0 radical (unpaired) electrons. The largest absolute Gasteiger partial charge is 0.478 e. The van der Waals surface area contributed by atoms with E-state index in [9.17, 15) is 4.79 Å². The van der Waals surface area contributed by atoms with Gasteiger partial charge in [-0.25, -0.2) is 4.79 Å². The molecule has 0 saturated heterocycles. The van der Waals surface area contributed by atoms with Crippen LogP contribution in [0.2, 0.25) is 5.02 Å². The molecule has 0 fully saturated rings. The van der Waals surface area contributed by atoms with E-state index in [1.807, 2.05) is 19.1 Å². The van der Waals surface area contributed by atoms with Crippen LogP contribution in [-0.2, 0) is 0 Å². The molecule has 1 atom stereocenters. The van der Waals surface area contributed by atoms with Crippen molar-refractivity contribution in [3.8, 4) is 0 Å². The Morgan fingerprint density at radius 2 is 2.26 bits per heavy atom. The van der Waals surface area contributed by atoms with Gasteiger partial charge in [-0.2, -0.15) is 0 Å². The average molecular weight is 280 g/mol. The summed E-state index contributed by atoms with van der Waals surface area (Å²) in [6, 6.07) is 8.55. The van der Waals surface area contributed by atoms with E-state index in [4.69, 9.17) is 21.1 Å². The molecule has 1 unspecified atom stereocenters. The lowest BCUT2D eigenvalue weighted by Gasteiger charge is -2.16. The summed E-state index contributed by atoms with van der Waals surface area (Å²) in [5.74, 6) is -0.228. The Bertz CT molecular complexity index is 566. The van der Waals surface area contributed by atoms with E-state index < -0.39 is 5.97 Å². The fourth-order valence-electron chi connectivity index (χ4n) is 1.84. The summed E-state index contributed by atoms with van der Waals surface area (Å²) in [5.41, 5.74) is 0.783. The summed E-state index contributed by atoms with van der Waals surface area (Å²) in [6.45, 7) is 2.02. The monoisotopic (exact) mass is 279 g/mol. The molecule has 0 aliphatic heterocycles. The highest BCUT2D eigenvalue weighted by atomic mass is 35.5. The lowest BCUT2D eigenvalue weighted by Crippen LogP contribution is -2.09. The smallest absolute Gasteiger partial charge is 0.337 e. The second-order valence-corrected chi connectivity index (χ2v) is 4.53. The quantitative estimate of drug-likeness (QED) is 0.861. The number of anilines is 1. The fourth-order valence-corrected chi connectivity index (χ4v) is 2.04. The summed E-state index contributed by atoms with van der Waals surface area (Å²) >= 11 is 5.83. The first-order valence-corrected chi connectivity index (χ1v) is 6.32. The predicted molar refractivity (Wildman–Crippen MR) is 73.8 cm³/mol. The number of furan rings is 1. The summed E-state index contributed by atoms with van der Waals surface area (Å²) in [4.78, 5) is 11.0. The Morgan fingerprint density at radius 3 is 2.84 bits per heavy atom. The maximum absolute atomic E-state index is 11.0. The van der Waals surface area contributed by atoms with Gasteiger partial charge in [-0.05, 0) is 36.8 Å². The van der Waals surface area contributed by atoms with Gasteiger partial charge in [0.1, 0.15) is 5.76 Å². The van der Waals surface area contributed by atoms with E-state index in [0.29, 0.717) is 5.69 Å². The SMILES string of the molecule is CCC(Nc1ccc(Cl)c(C(=O)O)c1)c1ccco1. The predicted octanol–water partition coefficient (Wildman–Crippen LogP) is 4.19. The maximum atomic E-state index is 11.0. The molecular weight excluding hydrogens is 266 g/mol. The Labute approximate surface area is 116 Å². The first-order valence-electron chi connectivity index (χ1n) is 5.94. The van der Waals surface area contributed by atoms with Crippen LogP contribution in [0.15, 0.2) is 41.0 Å². The van der Waals surface area contributed by atoms with Gasteiger partial charge in [-0.15, -0.1) is 0 Å². The summed E-state index contributed by atoms with van der Waals surface area (Å²) < 4.78 is 5.36. The minimum absolute atomic E-state index is 0.00202. The average Bonchev–Trinajstić information content (AvgIpc) is 2.91. The number of hydrogen-bond donors (Lipinski definition) is 2. The fraction of sp³-hybridized carbons (Fsp3) is 0.214. The second-order valence-electron chi connectivity index (χ2n) is 4.12. The van der Waals surface area contributed by atoms with E-state index in [0.717, 1.165) is 12.2 Å². The Kier molecular flexibility index (Phi) is 4.12. The first kappa shape index (κ1) is 13.5. The third kappa shape index (κ3) is 3.09. The van der Waals surface area contributed by atoms with Gasteiger partial charge < -0.3 is 14.8 Å². The molecule has 1 heterocycles. The van der Waals surface area contributed by atoms with E-state index in [1.165, 1.54) is 6.07 Å². The molecule has 4 nitrogen and oxygen atoms in total. The van der Waals surface area contributed by atoms with E-state index in [1.54, 1.807) is 18.4 Å². The molecule has 1 aromatic heterocycles. The number of aromatic carboxylic acids is 1. The normalized spacial score (nSPS) is 12.1. The van der Waals surface area contributed by atoms with Crippen molar-refractivity contribution in [3.63, 3.8) is 0 Å². The zero-order chi connectivity index (χ0) is 13.8. The lowest BCUT2D eigenvalue weighted by molar-refractivity contribution is 0.0697. The molecule has 0 aliphatic rings. The third-order valence-corrected chi connectivity index (χ3v) is 3.16. The standard InChI is InChI=1S/C14H14ClNO3/c1-2-12(13-4-3-7-19-13)16-9-5-6-11(15)10(8-9)14(17)18/h3-8,12,16H,2H2,1H3,(H,17,18).